The molecular formula is C18H11F5N4O. The Morgan fingerprint density at radius 2 is 1.71 bits per heavy atom. The first kappa shape index (κ1) is 19.2. The molecule has 144 valence electrons. The molecule has 0 spiro atoms. The summed E-state index contributed by atoms with van der Waals surface area (Å²) >= 11 is 0. The van der Waals surface area contributed by atoms with E-state index in [-0.39, 0.29) is 22.9 Å². The second kappa shape index (κ2) is 7.59. The van der Waals surface area contributed by atoms with Crippen molar-refractivity contribution >= 4 is 23.1 Å². The van der Waals surface area contributed by atoms with Crippen LogP contribution in [0.5, 0.6) is 0 Å². The summed E-state index contributed by atoms with van der Waals surface area (Å²) in [6, 6.07) is 9.60. The zero-order chi connectivity index (χ0) is 20.3. The fourth-order valence-electron chi connectivity index (χ4n) is 2.22. The normalized spacial score (nSPS) is 11.2. The topological polar surface area (TPSA) is 66.9 Å². The van der Waals surface area contributed by atoms with Gasteiger partial charge in [0.25, 0.3) is 5.91 Å². The van der Waals surface area contributed by atoms with Gasteiger partial charge in [-0.15, -0.1) is 10.2 Å². The van der Waals surface area contributed by atoms with Crippen LogP contribution in [0.15, 0.2) is 54.6 Å². The highest BCUT2D eigenvalue weighted by atomic mass is 19.4. The number of carbonyl (C=O) groups is 1. The molecule has 0 aliphatic rings. The second-order valence-electron chi connectivity index (χ2n) is 5.59. The third kappa shape index (κ3) is 4.58. The molecule has 0 aliphatic carbocycles. The molecule has 28 heavy (non-hydrogen) atoms. The number of halogens is 5. The first-order valence-electron chi connectivity index (χ1n) is 7.77. The van der Waals surface area contributed by atoms with Gasteiger partial charge >= 0.3 is 6.18 Å². The molecule has 0 saturated carbocycles. The average Bonchev–Trinajstić information content (AvgIpc) is 2.64. The van der Waals surface area contributed by atoms with Crippen LogP contribution in [-0.4, -0.2) is 16.1 Å². The molecule has 3 aromatic rings. The Morgan fingerprint density at radius 3 is 2.36 bits per heavy atom. The summed E-state index contributed by atoms with van der Waals surface area (Å²) in [5.74, 6) is -2.27. The number of amides is 1. The molecule has 0 atom stereocenters. The second-order valence-corrected chi connectivity index (χ2v) is 5.59. The number of anilines is 3. The van der Waals surface area contributed by atoms with E-state index < -0.39 is 29.3 Å². The molecule has 1 heterocycles. The van der Waals surface area contributed by atoms with Gasteiger partial charge in [-0.05, 0) is 42.5 Å². The number of nitrogens with zero attached hydrogens (tertiary/aromatic N) is 2. The molecule has 0 aliphatic heterocycles. The van der Waals surface area contributed by atoms with Gasteiger partial charge in [-0.1, -0.05) is 6.07 Å². The number of carbonyl (C=O) groups excluding carboxylic acids is 1. The number of nitrogens with one attached hydrogen (secondary N) is 2. The lowest BCUT2D eigenvalue weighted by molar-refractivity contribution is -0.137. The maximum Gasteiger partial charge on any atom is 0.416 e. The number of benzene rings is 2. The van der Waals surface area contributed by atoms with Crippen LogP contribution in [0.2, 0.25) is 0 Å². The number of rotatable bonds is 4. The summed E-state index contributed by atoms with van der Waals surface area (Å²) < 4.78 is 64.6. The fourth-order valence-corrected chi connectivity index (χ4v) is 2.22. The molecule has 2 aromatic carbocycles. The van der Waals surface area contributed by atoms with Crippen molar-refractivity contribution in [1.82, 2.24) is 10.2 Å². The van der Waals surface area contributed by atoms with E-state index in [0.29, 0.717) is 6.07 Å². The minimum absolute atomic E-state index is 0.0446. The van der Waals surface area contributed by atoms with Gasteiger partial charge < -0.3 is 10.6 Å². The van der Waals surface area contributed by atoms with Gasteiger partial charge in [0.1, 0.15) is 11.6 Å². The van der Waals surface area contributed by atoms with Crippen LogP contribution in [-0.2, 0) is 6.18 Å². The minimum Gasteiger partial charge on any atom is -0.336 e. The lowest BCUT2D eigenvalue weighted by Crippen LogP contribution is -2.15. The van der Waals surface area contributed by atoms with E-state index >= 15 is 0 Å². The van der Waals surface area contributed by atoms with Gasteiger partial charge in [-0.25, -0.2) is 8.78 Å². The predicted octanol–water partition coefficient (Wildman–Crippen LogP) is 4.77. The van der Waals surface area contributed by atoms with E-state index in [1.807, 2.05) is 0 Å². The standard InChI is InChI=1S/C18H11F5N4O/c19-11-4-5-14(13(20)9-11)25-16-7-6-15(26-27-16)17(28)24-12-3-1-2-10(8-12)18(21,22)23/h1-9H,(H,24,28)(H,25,27). The van der Waals surface area contributed by atoms with E-state index in [1.165, 1.54) is 24.3 Å². The summed E-state index contributed by atoms with van der Waals surface area (Å²) in [4.78, 5) is 12.1. The maximum absolute atomic E-state index is 13.6. The fraction of sp³-hybridized carbons (Fsp3) is 0.0556. The highest BCUT2D eigenvalue weighted by Crippen LogP contribution is 2.30. The summed E-state index contributed by atoms with van der Waals surface area (Å²) in [6.45, 7) is 0. The van der Waals surface area contributed by atoms with Gasteiger partial charge in [0.15, 0.2) is 11.5 Å². The molecule has 1 aromatic heterocycles. The Balaban J connectivity index is 1.70. The molecule has 0 fully saturated rings. The van der Waals surface area contributed by atoms with Crippen molar-refractivity contribution in [2.24, 2.45) is 0 Å². The lowest BCUT2D eigenvalue weighted by Gasteiger charge is -2.10. The SMILES string of the molecule is O=C(Nc1cccc(C(F)(F)F)c1)c1ccc(Nc2ccc(F)cc2F)nn1. The first-order valence-corrected chi connectivity index (χ1v) is 7.77. The maximum atomic E-state index is 13.6. The quantitative estimate of drug-likeness (QED) is 0.626. The van der Waals surface area contributed by atoms with E-state index in [4.69, 9.17) is 0 Å². The molecule has 0 unspecified atom stereocenters. The van der Waals surface area contributed by atoms with Crippen molar-refractivity contribution in [1.29, 1.82) is 0 Å². The molecule has 5 nitrogen and oxygen atoms in total. The van der Waals surface area contributed by atoms with Crippen molar-refractivity contribution in [2.45, 2.75) is 6.18 Å². The van der Waals surface area contributed by atoms with E-state index in [2.05, 4.69) is 20.8 Å². The van der Waals surface area contributed by atoms with Gasteiger partial charge in [-0.3, -0.25) is 4.79 Å². The van der Waals surface area contributed by atoms with Gasteiger partial charge in [0.05, 0.1) is 11.3 Å². The predicted molar refractivity (Wildman–Crippen MR) is 91.1 cm³/mol. The molecule has 2 N–H and O–H groups in total. The molecule has 0 saturated heterocycles. The third-order valence-electron chi connectivity index (χ3n) is 3.54. The molecule has 0 bridgehead atoms. The monoisotopic (exact) mass is 394 g/mol. The van der Waals surface area contributed by atoms with Crippen molar-refractivity contribution in [2.75, 3.05) is 10.6 Å². The van der Waals surface area contributed by atoms with Crippen LogP contribution in [0.4, 0.5) is 39.1 Å². The van der Waals surface area contributed by atoms with Crippen LogP contribution in [0.25, 0.3) is 0 Å². The first-order chi connectivity index (χ1) is 13.2. The third-order valence-corrected chi connectivity index (χ3v) is 3.54. The van der Waals surface area contributed by atoms with Crippen LogP contribution in [0, 0.1) is 11.6 Å². The van der Waals surface area contributed by atoms with Gasteiger partial charge in [-0.2, -0.15) is 13.2 Å². The number of hydrogen-bond donors (Lipinski definition) is 2. The summed E-state index contributed by atoms with van der Waals surface area (Å²) in [5.41, 5.74) is -1.17. The highest BCUT2D eigenvalue weighted by Gasteiger charge is 2.30. The Labute approximate surface area is 155 Å². The Hall–Kier alpha value is -3.56. The zero-order valence-electron chi connectivity index (χ0n) is 13.9. The zero-order valence-corrected chi connectivity index (χ0v) is 13.9. The van der Waals surface area contributed by atoms with Crippen molar-refractivity contribution in [3.05, 3.63) is 77.5 Å². The summed E-state index contributed by atoms with van der Waals surface area (Å²) in [6.07, 6.45) is -4.54. The van der Waals surface area contributed by atoms with E-state index in [9.17, 15) is 26.7 Å². The van der Waals surface area contributed by atoms with Crippen LogP contribution < -0.4 is 10.6 Å². The van der Waals surface area contributed by atoms with Crippen LogP contribution >= 0.6 is 0 Å². The number of aromatic nitrogens is 2. The summed E-state index contributed by atoms with van der Waals surface area (Å²) in [7, 11) is 0. The Kier molecular flexibility index (Phi) is 5.21. The van der Waals surface area contributed by atoms with Crippen LogP contribution in [0.1, 0.15) is 16.1 Å². The molecular weight excluding hydrogens is 383 g/mol. The largest absolute Gasteiger partial charge is 0.416 e. The van der Waals surface area contributed by atoms with Crippen molar-refractivity contribution in [3.63, 3.8) is 0 Å². The molecule has 3 rings (SSSR count). The summed E-state index contributed by atoms with van der Waals surface area (Å²) in [5, 5.41) is 12.2. The van der Waals surface area contributed by atoms with Gasteiger partial charge in [0.2, 0.25) is 0 Å². The molecule has 0 radical (unpaired) electrons. The smallest absolute Gasteiger partial charge is 0.336 e. The van der Waals surface area contributed by atoms with Crippen molar-refractivity contribution in [3.8, 4) is 0 Å². The number of hydrogen-bond acceptors (Lipinski definition) is 4. The van der Waals surface area contributed by atoms with Gasteiger partial charge in [0, 0.05) is 11.8 Å². The lowest BCUT2D eigenvalue weighted by atomic mass is 10.2. The van der Waals surface area contributed by atoms with E-state index in [0.717, 1.165) is 24.3 Å². The number of alkyl halides is 3. The highest BCUT2D eigenvalue weighted by molar-refractivity contribution is 6.02. The van der Waals surface area contributed by atoms with Crippen molar-refractivity contribution < 1.29 is 26.7 Å². The minimum atomic E-state index is -4.54. The Morgan fingerprint density at radius 1 is 0.929 bits per heavy atom. The average molecular weight is 394 g/mol. The molecule has 1 amide bonds. The van der Waals surface area contributed by atoms with Crippen LogP contribution in [0.3, 0.4) is 0 Å². The van der Waals surface area contributed by atoms with E-state index in [1.54, 1.807) is 0 Å². The Bertz CT molecular complexity index is 1010. The molecule has 10 heteroatoms.